The van der Waals surface area contributed by atoms with Gasteiger partial charge >= 0.3 is 5.97 Å². The van der Waals surface area contributed by atoms with Crippen LogP contribution < -0.4 is 10.6 Å². The maximum atomic E-state index is 14.0. The molecule has 0 spiro atoms. The summed E-state index contributed by atoms with van der Waals surface area (Å²) in [6, 6.07) is 2.42. The molecule has 1 aliphatic carbocycles. The van der Waals surface area contributed by atoms with Crippen molar-refractivity contribution in [3.05, 3.63) is 23.5 Å². The minimum atomic E-state index is -1.13. The predicted octanol–water partition coefficient (Wildman–Crippen LogP) is 3.12. The molecule has 0 amide bonds. The van der Waals surface area contributed by atoms with E-state index in [0.29, 0.717) is 11.6 Å². The summed E-state index contributed by atoms with van der Waals surface area (Å²) in [5, 5.41) is 9.06. The van der Waals surface area contributed by atoms with Gasteiger partial charge in [-0.3, -0.25) is 0 Å². The highest BCUT2D eigenvalue weighted by Crippen LogP contribution is 2.29. The van der Waals surface area contributed by atoms with Crippen LogP contribution in [0.5, 0.6) is 0 Å². The Hall–Kier alpha value is -1.78. The van der Waals surface area contributed by atoms with Crippen molar-refractivity contribution in [1.82, 2.24) is 0 Å². The lowest BCUT2D eigenvalue weighted by molar-refractivity contribution is 0.0698. The van der Waals surface area contributed by atoms with Crippen molar-refractivity contribution in [3.8, 4) is 0 Å². The van der Waals surface area contributed by atoms with Crippen LogP contribution in [0.1, 0.15) is 42.5 Å². The largest absolute Gasteiger partial charge is 0.478 e. The average molecular weight is 280 g/mol. The molecule has 3 N–H and O–H groups in total. The SMILES string of the molecule is CN(CC1CCCCC1)c1cc(C(=O)O)c(N)cc1F. The molecule has 0 unspecified atom stereocenters. The standard InChI is InChI=1S/C15H21FN2O2/c1-18(9-10-5-3-2-4-6-10)14-7-11(15(19)20)13(17)8-12(14)16/h7-8,10H,2-6,9,17H2,1H3,(H,19,20). The van der Waals surface area contributed by atoms with Gasteiger partial charge in [-0.05, 0) is 30.9 Å². The van der Waals surface area contributed by atoms with Crippen molar-refractivity contribution in [1.29, 1.82) is 0 Å². The van der Waals surface area contributed by atoms with E-state index in [1.54, 1.807) is 11.9 Å². The molecule has 0 atom stereocenters. The van der Waals surface area contributed by atoms with Crippen LogP contribution in [0.15, 0.2) is 12.1 Å². The zero-order valence-electron chi connectivity index (χ0n) is 11.7. The first-order valence-electron chi connectivity index (χ1n) is 7.02. The van der Waals surface area contributed by atoms with Crippen LogP contribution in [0, 0.1) is 11.7 Å². The Bertz CT molecular complexity index is 499. The summed E-state index contributed by atoms with van der Waals surface area (Å²) in [4.78, 5) is 12.9. The summed E-state index contributed by atoms with van der Waals surface area (Å²) in [7, 11) is 1.80. The van der Waals surface area contributed by atoms with Gasteiger partial charge < -0.3 is 15.7 Å². The van der Waals surface area contributed by atoms with E-state index in [1.165, 1.54) is 25.3 Å². The minimum Gasteiger partial charge on any atom is -0.478 e. The molecule has 0 saturated heterocycles. The average Bonchev–Trinajstić information content (AvgIpc) is 2.39. The molecular weight excluding hydrogens is 259 g/mol. The van der Waals surface area contributed by atoms with Crippen molar-refractivity contribution in [3.63, 3.8) is 0 Å². The number of rotatable bonds is 4. The first-order valence-corrected chi connectivity index (χ1v) is 7.02. The molecule has 5 heteroatoms. The number of aromatic carboxylic acids is 1. The third kappa shape index (κ3) is 3.21. The van der Waals surface area contributed by atoms with Gasteiger partial charge in [0, 0.05) is 19.3 Å². The van der Waals surface area contributed by atoms with E-state index in [4.69, 9.17) is 10.8 Å². The van der Waals surface area contributed by atoms with E-state index in [-0.39, 0.29) is 11.3 Å². The van der Waals surface area contributed by atoms with Crippen molar-refractivity contribution >= 4 is 17.3 Å². The van der Waals surface area contributed by atoms with E-state index in [9.17, 15) is 9.18 Å². The highest BCUT2D eigenvalue weighted by Gasteiger charge is 2.19. The van der Waals surface area contributed by atoms with Crippen LogP contribution in [0.4, 0.5) is 15.8 Å². The fourth-order valence-electron chi connectivity index (χ4n) is 2.91. The summed E-state index contributed by atoms with van der Waals surface area (Å²) in [5.74, 6) is -1.04. The molecule has 0 aromatic heterocycles. The number of halogens is 1. The van der Waals surface area contributed by atoms with Gasteiger partial charge in [-0.15, -0.1) is 0 Å². The second-order valence-corrected chi connectivity index (χ2v) is 5.58. The van der Waals surface area contributed by atoms with Gasteiger partial charge in [0.1, 0.15) is 5.82 Å². The Morgan fingerprint density at radius 3 is 2.65 bits per heavy atom. The monoisotopic (exact) mass is 280 g/mol. The van der Waals surface area contributed by atoms with Crippen LogP contribution in [0.25, 0.3) is 0 Å². The summed E-state index contributed by atoms with van der Waals surface area (Å²) in [6.07, 6.45) is 6.05. The second-order valence-electron chi connectivity index (χ2n) is 5.58. The highest BCUT2D eigenvalue weighted by atomic mass is 19.1. The Morgan fingerprint density at radius 2 is 2.05 bits per heavy atom. The number of carboxylic acids is 1. The molecule has 1 saturated carbocycles. The van der Waals surface area contributed by atoms with E-state index in [1.807, 2.05) is 0 Å². The van der Waals surface area contributed by atoms with Crippen LogP contribution in [-0.4, -0.2) is 24.7 Å². The Labute approximate surface area is 118 Å². The molecule has 20 heavy (non-hydrogen) atoms. The maximum Gasteiger partial charge on any atom is 0.337 e. The number of nitrogen functional groups attached to an aromatic ring is 1. The molecule has 1 aromatic rings. The molecule has 0 radical (unpaired) electrons. The fourth-order valence-corrected chi connectivity index (χ4v) is 2.91. The number of carbonyl (C=O) groups is 1. The number of nitrogens with two attached hydrogens (primary N) is 1. The lowest BCUT2D eigenvalue weighted by Gasteiger charge is -2.28. The number of carboxylic acid groups (broad SMARTS) is 1. The lowest BCUT2D eigenvalue weighted by atomic mass is 9.89. The van der Waals surface area contributed by atoms with Gasteiger partial charge in [-0.25, -0.2) is 9.18 Å². The molecule has 0 aliphatic heterocycles. The Kier molecular flexibility index (Phi) is 4.47. The van der Waals surface area contributed by atoms with Crippen molar-refractivity contribution in [2.24, 2.45) is 5.92 Å². The molecule has 2 rings (SSSR count). The maximum absolute atomic E-state index is 14.0. The number of hydrogen-bond donors (Lipinski definition) is 2. The molecule has 0 heterocycles. The molecule has 4 nitrogen and oxygen atoms in total. The van der Waals surface area contributed by atoms with E-state index in [0.717, 1.165) is 25.5 Å². The van der Waals surface area contributed by atoms with Gasteiger partial charge in [0.2, 0.25) is 0 Å². The molecular formula is C15H21FN2O2. The number of hydrogen-bond acceptors (Lipinski definition) is 3. The third-order valence-corrected chi connectivity index (χ3v) is 4.02. The number of nitrogens with zero attached hydrogens (tertiary/aromatic N) is 1. The van der Waals surface area contributed by atoms with Crippen molar-refractivity contribution in [2.45, 2.75) is 32.1 Å². The number of anilines is 2. The summed E-state index contributed by atoms with van der Waals surface area (Å²) in [5.41, 5.74) is 5.76. The zero-order valence-corrected chi connectivity index (χ0v) is 11.7. The number of benzene rings is 1. The van der Waals surface area contributed by atoms with Crippen LogP contribution in [0.2, 0.25) is 0 Å². The first kappa shape index (κ1) is 14.6. The highest BCUT2D eigenvalue weighted by molar-refractivity contribution is 5.95. The Morgan fingerprint density at radius 1 is 1.40 bits per heavy atom. The van der Waals surface area contributed by atoms with Gasteiger partial charge in [0.15, 0.2) is 0 Å². The summed E-state index contributed by atoms with van der Waals surface area (Å²) in [6.45, 7) is 0.750. The van der Waals surface area contributed by atoms with Crippen molar-refractivity contribution < 1.29 is 14.3 Å². The van der Waals surface area contributed by atoms with Crippen LogP contribution in [0.3, 0.4) is 0 Å². The Balaban J connectivity index is 2.17. The summed E-state index contributed by atoms with van der Waals surface area (Å²) < 4.78 is 14.0. The molecule has 1 fully saturated rings. The predicted molar refractivity (Wildman–Crippen MR) is 77.6 cm³/mol. The fraction of sp³-hybridized carbons (Fsp3) is 0.533. The zero-order chi connectivity index (χ0) is 14.7. The van der Waals surface area contributed by atoms with E-state index < -0.39 is 11.8 Å². The minimum absolute atomic E-state index is 0.0372. The molecule has 1 aromatic carbocycles. The molecule has 1 aliphatic rings. The van der Waals surface area contributed by atoms with Gasteiger partial charge in [0.05, 0.1) is 11.3 Å². The second kappa shape index (κ2) is 6.11. The quantitative estimate of drug-likeness (QED) is 0.832. The molecule has 110 valence electrons. The normalized spacial score (nSPS) is 16.1. The lowest BCUT2D eigenvalue weighted by Crippen LogP contribution is -2.27. The first-order chi connectivity index (χ1) is 9.49. The van der Waals surface area contributed by atoms with Crippen LogP contribution >= 0.6 is 0 Å². The van der Waals surface area contributed by atoms with Gasteiger partial charge in [0.25, 0.3) is 0 Å². The third-order valence-electron chi connectivity index (χ3n) is 4.02. The molecule has 0 bridgehead atoms. The van der Waals surface area contributed by atoms with Gasteiger partial charge in [-0.2, -0.15) is 0 Å². The van der Waals surface area contributed by atoms with Crippen molar-refractivity contribution in [2.75, 3.05) is 24.2 Å². The van der Waals surface area contributed by atoms with Crippen LogP contribution in [-0.2, 0) is 0 Å². The topological polar surface area (TPSA) is 66.6 Å². The summed E-state index contributed by atoms with van der Waals surface area (Å²) >= 11 is 0. The van der Waals surface area contributed by atoms with Gasteiger partial charge in [-0.1, -0.05) is 19.3 Å². The van der Waals surface area contributed by atoms with E-state index in [2.05, 4.69) is 0 Å². The van der Waals surface area contributed by atoms with E-state index >= 15 is 0 Å². The smallest absolute Gasteiger partial charge is 0.337 e.